The second-order valence-electron chi connectivity index (χ2n) is 6.77. The molecule has 8 heteroatoms. The molecule has 0 radical (unpaired) electrons. The third-order valence-corrected chi connectivity index (χ3v) is 6.48. The smallest absolute Gasteiger partial charge is 0.416 e. The lowest BCUT2D eigenvalue weighted by molar-refractivity contribution is -0.137. The molecule has 0 unspecified atom stereocenters. The Kier molecular flexibility index (Phi) is 5.31. The first-order chi connectivity index (χ1) is 13.8. The van der Waals surface area contributed by atoms with Gasteiger partial charge in [0.2, 0.25) is 0 Å². The number of carbonyl (C=O) groups is 1. The summed E-state index contributed by atoms with van der Waals surface area (Å²) in [5.74, 6) is -0.659. The fourth-order valence-corrected chi connectivity index (χ4v) is 4.74. The van der Waals surface area contributed by atoms with E-state index in [1.807, 2.05) is 17.5 Å². The van der Waals surface area contributed by atoms with E-state index in [1.165, 1.54) is 17.4 Å². The van der Waals surface area contributed by atoms with Crippen LogP contribution in [0.15, 0.2) is 58.8 Å². The number of anilines is 1. The van der Waals surface area contributed by atoms with Crippen LogP contribution in [0.5, 0.6) is 0 Å². The van der Waals surface area contributed by atoms with Crippen LogP contribution in [0.25, 0.3) is 10.4 Å². The molecule has 1 saturated carbocycles. The number of benzene rings is 2. The molecule has 0 amide bonds. The summed E-state index contributed by atoms with van der Waals surface area (Å²) in [7, 11) is 0. The van der Waals surface area contributed by atoms with Crippen LogP contribution < -0.4 is 4.72 Å². The molecule has 0 atom stereocenters. The number of rotatable bonds is 6. The molecule has 3 nitrogen and oxygen atoms in total. The highest BCUT2D eigenvalue weighted by Crippen LogP contribution is 2.45. The van der Waals surface area contributed by atoms with Crippen molar-refractivity contribution in [3.63, 3.8) is 0 Å². The van der Waals surface area contributed by atoms with Gasteiger partial charge in [0.15, 0.2) is 0 Å². The molecule has 1 aliphatic rings. The lowest BCUT2D eigenvalue weighted by Crippen LogP contribution is -2.06. The Hall–Kier alpha value is -2.45. The molecule has 1 heterocycles. The Morgan fingerprint density at radius 2 is 1.93 bits per heavy atom. The van der Waals surface area contributed by atoms with Crippen LogP contribution in [-0.2, 0) is 6.18 Å². The number of carboxylic acids is 1. The van der Waals surface area contributed by atoms with Crippen molar-refractivity contribution in [1.29, 1.82) is 0 Å². The van der Waals surface area contributed by atoms with Gasteiger partial charge in [0.05, 0.1) is 16.8 Å². The number of nitrogens with one attached hydrogen (secondary N) is 1. The summed E-state index contributed by atoms with van der Waals surface area (Å²) in [5, 5.41) is 11.1. The fourth-order valence-electron chi connectivity index (χ4n) is 3.05. The van der Waals surface area contributed by atoms with E-state index in [-0.39, 0.29) is 5.56 Å². The van der Waals surface area contributed by atoms with Crippen LogP contribution >= 0.6 is 23.3 Å². The van der Waals surface area contributed by atoms with Gasteiger partial charge in [-0.1, -0.05) is 18.2 Å². The molecule has 0 saturated heterocycles. The van der Waals surface area contributed by atoms with Crippen molar-refractivity contribution >= 4 is 34.9 Å². The van der Waals surface area contributed by atoms with Crippen LogP contribution in [0.1, 0.15) is 40.2 Å². The molecular formula is C21H16F3NO2S2. The Morgan fingerprint density at radius 1 is 1.14 bits per heavy atom. The second-order valence-corrected chi connectivity index (χ2v) is 8.57. The largest absolute Gasteiger partial charge is 0.478 e. The summed E-state index contributed by atoms with van der Waals surface area (Å²) < 4.78 is 42.7. The summed E-state index contributed by atoms with van der Waals surface area (Å²) in [6, 6.07) is 12.3. The van der Waals surface area contributed by atoms with E-state index >= 15 is 0 Å². The molecule has 0 bridgehead atoms. The normalized spacial score (nSPS) is 14.0. The zero-order valence-corrected chi connectivity index (χ0v) is 16.6. The summed E-state index contributed by atoms with van der Waals surface area (Å²) >= 11 is 2.60. The minimum absolute atomic E-state index is 0.154. The standard InChI is InChI=1S/C21H16F3NO2S2/c22-21(23,24)14-6-8-16(18-2-1-9-28-18)17(11-14)25-29-19-10-13(20(26)27)5-7-15(19)12-3-4-12/h1-2,5-12,25H,3-4H2,(H,26,27). The zero-order chi connectivity index (χ0) is 20.6. The molecule has 0 spiro atoms. The third kappa shape index (κ3) is 4.43. The quantitative estimate of drug-likeness (QED) is 0.405. The first kappa shape index (κ1) is 19.8. The monoisotopic (exact) mass is 435 g/mol. The molecule has 2 aromatic carbocycles. The van der Waals surface area contributed by atoms with Gasteiger partial charge in [-0.15, -0.1) is 11.3 Å². The predicted octanol–water partition coefficient (Wildman–Crippen LogP) is 7.13. The van der Waals surface area contributed by atoms with Crippen LogP contribution in [0, 0.1) is 0 Å². The highest BCUT2D eigenvalue weighted by molar-refractivity contribution is 8.00. The maximum atomic E-state index is 13.2. The number of carboxylic acid groups (broad SMARTS) is 1. The lowest BCUT2D eigenvalue weighted by atomic mass is 10.1. The van der Waals surface area contributed by atoms with E-state index in [0.29, 0.717) is 17.2 Å². The topological polar surface area (TPSA) is 49.3 Å². The second kappa shape index (κ2) is 7.76. The van der Waals surface area contributed by atoms with Crippen molar-refractivity contribution in [2.24, 2.45) is 0 Å². The molecule has 1 fully saturated rings. The van der Waals surface area contributed by atoms with Crippen LogP contribution in [0.3, 0.4) is 0 Å². The van der Waals surface area contributed by atoms with Gasteiger partial charge in [-0.3, -0.25) is 0 Å². The molecule has 4 rings (SSSR count). The maximum Gasteiger partial charge on any atom is 0.416 e. The number of halogens is 3. The van der Waals surface area contributed by atoms with E-state index < -0.39 is 17.7 Å². The Morgan fingerprint density at radius 3 is 2.55 bits per heavy atom. The van der Waals surface area contributed by atoms with Gasteiger partial charge in [-0.2, -0.15) is 13.2 Å². The summed E-state index contributed by atoms with van der Waals surface area (Å²) in [6.07, 6.45) is -2.38. The molecule has 29 heavy (non-hydrogen) atoms. The molecule has 2 N–H and O–H groups in total. The van der Waals surface area contributed by atoms with Crippen molar-refractivity contribution in [3.05, 3.63) is 70.6 Å². The molecule has 150 valence electrons. The van der Waals surface area contributed by atoms with Crippen molar-refractivity contribution in [3.8, 4) is 10.4 Å². The zero-order valence-electron chi connectivity index (χ0n) is 15.0. The lowest BCUT2D eigenvalue weighted by Gasteiger charge is -2.16. The van der Waals surface area contributed by atoms with E-state index in [4.69, 9.17) is 0 Å². The maximum absolute atomic E-state index is 13.2. The van der Waals surface area contributed by atoms with Gasteiger partial charge in [0, 0.05) is 15.3 Å². The molecule has 3 aromatic rings. The summed E-state index contributed by atoms with van der Waals surface area (Å²) in [4.78, 5) is 12.9. The van der Waals surface area contributed by atoms with Gasteiger partial charge in [-0.25, -0.2) is 4.79 Å². The number of hydrogen-bond acceptors (Lipinski definition) is 4. The van der Waals surface area contributed by atoms with Crippen molar-refractivity contribution in [2.75, 3.05) is 4.72 Å². The van der Waals surface area contributed by atoms with Gasteiger partial charge in [0.25, 0.3) is 0 Å². The molecular weight excluding hydrogens is 419 g/mol. The molecule has 1 aromatic heterocycles. The SMILES string of the molecule is O=C(O)c1ccc(C2CC2)c(SNc2cc(C(F)(F)F)ccc2-c2cccs2)c1. The minimum atomic E-state index is -4.45. The summed E-state index contributed by atoms with van der Waals surface area (Å²) in [6.45, 7) is 0. The van der Waals surface area contributed by atoms with Gasteiger partial charge in [0.1, 0.15) is 0 Å². The van der Waals surface area contributed by atoms with E-state index in [9.17, 15) is 23.1 Å². The predicted molar refractivity (Wildman–Crippen MR) is 110 cm³/mol. The highest BCUT2D eigenvalue weighted by atomic mass is 32.2. The van der Waals surface area contributed by atoms with Gasteiger partial charge in [-0.05, 0) is 72.0 Å². The Bertz CT molecular complexity index is 1040. The number of aromatic carboxylic acids is 1. The Labute approximate surface area is 173 Å². The number of hydrogen-bond donors (Lipinski definition) is 2. The van der Waals surface area contributed by atoms with Crippen molar-refractivity contribution < 1.29 is 23.1 Å². The first-order valence-corrected chi connectivity index (χ1v) is 10.6. The average molecular weight is 435 g/mol. The van der Waals surface area contributed by atoms with Crippen molar-refractivity contribution in [1.82, 2.24) is 0 Å². The molecule has 0 aliphatic heterocycles. The minimum Gasteiger partial charge on any atom is -0.478 e. The van der Waals surface area contributed by atoms with Crippen LogP contribution in [-0.4, -0.2) is 11.1 Å². The van der Waals surface area contributed by atoms with E-state index in [0.717, 1.165) is 52.3 Å². The molecule has 1 aliphatic carbocycles. The fraction of sp³-hybridized carbons (Fsp3) is 0.190. The summed E-state index contributed by atoms with van der Waals surface area (Å²) in [5.41, 5.74) is 1.46. The van der Waals surface area contributed by atoms with Gasteiger partial charge >= 0.3 is 12.1 Å². The third-order valence-electron chi connectivity index (χ3n) is 4.68. The van der Waals surface area contributed by atoms with E-state index in [1.54, 1.807) is 18.2 Å². The van der Waals surface area contributed by atoms with E-state index in [2.05, 4.69) is 4.72 Å². The first-order valence-electron chi connectivity index (χ1n) is 8.88. The average Bonchev–Trinajstić information content (AvgIpc) is 3.38. The van der Waals surface area contributed by atoms with Crippen LogP contribution in [0.4, 0.5) is 18.9 Å². The highest BCUT2D eigenvalue weighted by Gasteiger charge is 2.31. The Balaban J connectivity index is 1.69. The number of thiophene rings is 1. The van der Waals surface area contributed by atoms with Gasteiger partial charge < -0.3 is 9.83 Å². The van der Waals surface area contributed by atoms with Crippen LogP contribution in [0.2, 0.25) is 0 Å². The number of alkyl halides is 3. The van der Waals surface area contributed by atoms with Crippen molar-refractivity contribution in [2.45, 2.75) is 29.8 Å².